The molecule has 1 aliphatic carbocycles. The lowest BCUT2D eigenvalue weighted by molar-refractivity contribution is 0.203. The molecule has 0 heterocycles. The molecule has 15 heavy (non-hydrogen) atoms. The van der Waals surface area contributed by atoms with Crippen molar-refractivity contribution in [3.63, 3.8) is 0 Å². The van der Waals surface area contributed by atoms with E-state index in [0.717, 1.165) is 13.1 Å². The second kappa shape index (κ2) is 6.15. The van der Waals surface area contributed by atoms with Crippen LogP contribution in [0.15, 0.2) is 0 Å². The molecule has 0 aromatic rings. The average molecular weight is 208 g/mol. The number of nitrogens with one attached hydrogen (secondary N) is 1. The van der Waals surface area contributed by atoms with Gasteiger partial charge in [0.15, 0.2) is 0 Å². The Labute approximate surface area is 94.4 Å². The van der Waals surface area contributed by atoms with Gasteiger partial charge < -0.3 is 5.32 Å². The fraction of sp³-hybridized carbons (Fsp3) is 0.846. The summed E-state index contributed by atoms with van der Waals surface area (Å²) in [6, 6.07) is 0. The van der Waals surface area contributed by atoms with Crippen molar-refractivity contribution in [2.75, 3.05) is 27.2 Å². The van der Waals surface area contributed by atoms with E-state index < -0.39 is 0 Å². The molecule has 86 valence electrons. The SMILES string of the molecule is C#CCN(C)CCC1(NC)CCCCC1. The summed E-state index contributed by atoms with van der Waals surface area (Å²) >= 11 is 0. The number of nitrogens with zero attached hydrogens (tertiary/aromatic N) is 1. The molecule has 2 nitrogen and oxygen atoms in total. The van der Waals surface area contributed by atoms with Gasteiger partial charge in [-0.25, -0.2) is 0 Å². The molecular formula is C13H24N2. The monoisotopic (exact) mass is 208 g/mol. The zero-order chi connectivity index (χ0) is 11.1. The van der Waals surface area contributed by atoms with Gasteiger partial charge in [-0.15, -0.1) is 6.42 Å². The van der Waals surface area contributed by atoms with Gasteiger partial charge in [0, 0.05) is 12.1 Å². The zero-order valence-electron chi connectivity index (χ0n) is 10.2. The molecule has 0 amide bonds. The predicted octanol–water partition coefficient (Wildman–Crippen LogP) is 1.86. The second-order valence-corrected chi connectivity index (χ2v) is 4.78. The van der Waals surface area contributed by atoms with E-state index in [9.17, 15) is 0 Å². The lowest BCUT2D eigenvalue weighted by Gasteiger charge is -2.38. The molecule has 1 rings (SSSR count). The molecule has 1 aliphatic rings. The lowest BCUT2D eigenvalue weighted by atomic mass is 9.79. The van der Waals surface area contributed by atoms with Gasteiger partial charge in [0.1, 0.15) is 0 Å². The Kier molecular flexibility index (Phi) is 5.14. The quantitative estimate of drug-likeness (QED) is 0.694. The summed E-state index contributed by atoms with van der Waals surface area (Å²) in [4.78, 5) is 2.23. The summed E-state index contributed by atoms with van der Waals surface area (Å²) in [6.07, 6.45) is 13.3. The Balaban J connectivity index is 2.36. The van der Waals surface area contributed by atoms with Crippen molar-refractivity contribution in [1.29, 1.82) is 0 Å². The molecule has 0 aromatic carbocycles. The van der Waals surface area contributed by atoms with Crippen LogP contribution >= 0.6 is 0 Å². The van der Waals surface area contributed by atoms with E-state index in [1.807, 2.05) is 0 Å². The topological polar surface area (TPSA) is 15.3 Å². The summed E-state index contributed by atoms with van der Waals surface area (Å²) in [5.74, 6) is 2.69. The van der Waals surface area contributed by atoms with Crippen LogP contribution < -0.4 is 5.32 Å². The fourth-order valence-corrected chi connectivity index (χ4v) is 2.49. The maximum Gasteiger partial charge on any atom is 0.0596 e. The minimum absolute atomic E-state index is 0.390. The first-order chi connectivity index (χ1) is 7.22. The molecule has 1 fully saturated rings. The van der Waals surface area contributed by atoms with Crippen molar-refractivity contribution in [3.8, 4) is 12.3 Å². The van der Waals surface area contributed by atoms with Crippen LogP contribution in [0.2, 0.25) is 0 Å². The Morgan fingerprint density at radius 1 is 1.33 bits per heavy atom. The first-order valence-electron chi connectivity index (χ1n) is 6.03. The highest BCUT2D eigenvalue weighted by atomic mass is 15.1. The van der Waals surface area contributed by atoms with Crippen molar-refractivity contribution in [2.45, 2.75) is 44.1 Å². The van der Waals surface area contributed by atoms with E-state index in [1.54, 1.807) is 0 Å². The molecule has 0 aromatic heterocycles. The zero-order valence-corrected chi connectivity index (χ0v) is 10.2. The average Bonchev–Trinajstić information content (AvgIpc) is 2.28. The number of rotatable bonds is 5. The van der Waals surface area contributed by atoms with Gasteiger partial charge in [-0.3, -0.25) is 4.90 Å². The largest absolute Gasteiger partial charge is 0.314 e. The third kappa shape index (κ3) is 3.85. The molecule has 2 heteroatoms. The fourth-order valence-electron chi connectivity index (χ4n) is 2.49. The van der Waals surface area contributed by atoms with Crippen molar-refractivity contribution < 1.29 is 0 Å². The third-order valence-electron chi connectivity index (χ3n) is 3.67. The molecule has 0 saturated heterocycles. The predicted molar refractivity (Wildman–Crippen MR) is 65.8 cm³/mol. The molecule has 0 radical (unpaired) electrons. The number of hydrogen-bond acceptors (Lipinski definition) is 2. The molecular weight excluding hydrogens is 184 g/mol. The van der Waals surface area contributed by atoms with Crippen molar-refractivity contribution in [2.24, 2.45) is 0 Å². The first-order valence-corrected chi connectivity index (χ1v) is 6.03. The van der Waals surface area contributed by atoms with E-state index in [0.29, 0.717) is 5.54 Å². The maximum absolute atomic E-state index is 5.30. The van der Waals surface area contributed by atoms with Crippen LogP contribution in [0.4, 0.5) is 0 Å². The molecule has 1 saturated carbocycles. The van der Waals surface area contributed by atoms with Crippen LogP contribution in [-0.4, -0.2) is 37.6 Å². The highest BCUT2D eigenvalue weighted by Crippen LogP contribution is 2.30. The van der Waals surface area contributed by atoms with Crippen LogP contribution in [0.3, 0.4) is 0 Å². The Morgan fingerprint density at radius 3 is 2.53 bits per heavy atom. The molecule has 0 aliphatic heterocycles. The first kappa shape index (κ1) is 12.5. The Bertz CT molecular complexity index is 211. The van der Waals surface area contributed by atoms with Crippen molar-refractivity contribution in [1.82, 2.24) is 10.2 Å². The van der Waals surface area contributed by atoms with Gasteiger partial charge in [-0.1, -0.05) is 25.2 Å². The summed E-state index contributed by atoms with van der Waals surface area (Å²) in [7, 11) is 4.21. The van der Waals surface area contributed by atoms with Gasteiger partial charge >= 0.3 is 0 Å². The van der Waals surface area contributed by atoms with E-state index in [4.69, 9.17) is 6.42 Å². The molecule has 0 spiro atoms. The van der Waals surface area contributed by atoms with Crippen LogP contribution in [0.25, 0.3) is 0 Å². The van der Waals surface area contributed by atoms with Crippen molar-refractivity contribution >= 4 is 0 Å². The van der Waals surface area contributed by atoms with Gasteiger partial charge in [0.25, 0.3) is 0 Å². The van der Waals surface area contributed by atoms with Crippen LogP contribution in [0.1, 0.15) is 38.5 Å². The van der Waals surface area contributed by atoms with Crippen LogP contribution in [0, 0.1) is 12.3 Å². The van der Waals surface area contributed by atoms with E-state index in [-0.39, 0.29) is 0 Å². The lowest BCUT2D eigenvalue weighted by Crippen LogP contribution is -2.46. The summed E-state index contributed by atoms with van der Waals surface area (Å²) in [6.45, 7) is 1.87. The molecule has 1 N–H and O–H groups in total. The van der Waals surface area contributed by atoms with Gasteiger partial charge in [-0.05, 0) is 33.4 Å². The second-order valence-electron chi connectivity index (χ2n) is 4.78. The Hall–Kier alpha value is -0.520. The van der Waals surface area contributed by atoms with Crippen LogP contribution in [0.5, 0.6) is 0 Å². The number of hydrogen-bond donors (Lipinski definition) is 1. The number of terminal acetylenes is 1. The normalized spacial score (nSPS) is 20.1. The van der Waals surface area contributed by atoms with Gasteiger partial charge in [-0.2, -0.15) is 0 Å². The minimum atomic E-state index is 0.390. The highest BCUT2D eigenvalue weighted by Gasteiger charge is 2.29. The maximum atomic E-state index is 5.30. The van der Waals surface area contributed by atoms with Gasteiger partial charge in [0.2, 0.25) is 0 Å². The van der Waals surface area contributed by atoms with Gasteiger partial charge in [0.05, 0.1) is 6.54 Å². The van der Waals surface area contributed by atoms with E-state index in [1.165, 1.54) is 38.5 Å². The highest BCUT2D eigenvalue weighted by molar-refractivity contribution is 4.92. The summed E-state index contributed by atoms with van der Waals surface area (Å²) in [5, 5.41) is 3.54. The Morgan fingerprint density at radius 2 is 2.00 bits per heavy atom. The van der Waals surface area contributed by atoms with E-state index >= 15 is 0 Å². The summed E-state index contributed by atoms with van der Waals surface area (Å²) in [5.41, 5.74) is 0.390. The molecule has 0 bridgehead atoms. The smallest absolute Gasteiger partial charge is 0.0596 e. The van der Waals surface area contributed by atoms with Crippen molar-refractivity contribution in [3.05, 3.63) is 0 Å². The minimum Gasteiger partial charge on any atom is -0.314 e. The third-order valence-corrected chi connectivity index (χ3v) is 3.67. The van der Waals surface area contributed by atoms with E-state index in [2.05, 4.69) is 30.2 Å². The van der Waals surface area contributed by atoms with Crippen LogP contribution in [-0.2, 0) is 0 Å². The standard InChI is InChI=1S/C13H24N2/c1-4-11-15(3)12-10-13(14-2)8-6-5-7-9-13/h1,14H,5-12H2,2-3H3. The molecule has 0 unspecified atom stereocenters. The summed E-state index contributed by atoms with van der Waals surface area (Å²) < 4.78 is 0. The molecule has 0 atom stereocenters.